The second kappa shape index (κ2) is 10.7. The Morgan fingerprint density at radius 1 is 0.595 bits per heavy atom. The molecule has 214 valence electrons. The van der Waals surface area contributed by atoms with Crippen LogP contribution in [0.3, 0.4) is 0 Å². The van der Waals surface area contributed by atoms with Crippen LogP contribution in [0.5, 0.6) is 0 Å². The van der Waals surface area contributed by atoms with Crippen LogP contribution in [0, 0.1) is 13.8 Å². The number of aryl methyl sites for hydroxylation is 2. The lowest BCUT2D eigenvalue weighted by molar-refractivity contribution is -0.139. The lowest BCUT2D eigenvalue weighted by Crippen LogP contribution is -2.28. The van der Waals surface area contributed by atoms with E-state index in [0.717, 1.165) is 23.5 Å². The van der Waals surface area contributed by atoms with Crippen LogP contribution in [0.15, 0.2) is 45.5 Å². The Kier molecular flexibility index (Phi) is 7.37. The van der Waals surface area contributed by atoms with Gasteiger partial charge in [-0.3, -0.25) is 9.59 Å². The summed E-state index contributed by atoms with van der Waals surface area (Å²) in [6, 6.07) is 6.96. The molecule has 0 amide bonds. The predicted molar refractivity (Wildman–Crippen MR) is 153 cm³/mol. The standard InChI is InChI=1S/C28H22N4O8S2/c1-9-15-11(3)29-21(31-23(15)41-19(27(37)38)17(9)25(33)34)13-5-7-14(8-6-13)22-30-12(4)16-10(2)18(26(35)36)20(28(39)40)42-24(16)32-22/h5-8,19-20H,1-4H3,(H,33,34)(H,35,36)(H,37,38)(H,39,40). The minimum Gasteiger partial charge on any atom is -0.480 e. The molecule has 5 rings (SSSR count). The summed E-state index contributed by atoms with van der Waals surface area (Å²) < 4.78 is 0. The van der Waals surface area contributed by atoms with E-state index in [9.17, 15) is 39.6 Å². The fourth-order valence-electron chi connectivity index (χ4n) is 5.05. The van der Waals surface area contributed by atoms with Gasteiger partial charge in [-0.1, -0.05) is 47.8 Å². The molecular formula is C28H22N4O8S2. The molecule has 2 aliphatic rings. The Bertz CT molecular complexity index is 1670. The van der Waals surface area contributed by atoms with Crippen LogP contribution in [0.4, 0.5) is 0 Å². The first kappa shape index (κ1) is 29.0. The fraction of sp³-hybridized carbons (Fsp3) is 0.214. The van der Waals surface area contributed by atoms with Crippen molar-refractivity contribution in [1.29, 1.82) is 0 Å². The minimum atomic E-state index is -1.31. The summed E-state index contributed by atoms with van der Waals surface area (Å²) in [6.45, 7) is 6.53. The van der Waals surface area contributed by atoms with Gasteiger partial charge in [-0.25, -0.2) is 29.5 Å². The number of thioether (sulfide) groups is 2. The number of aliphatic carboxylic acids is 4. The van der Waals surface area contributed by atoms with Crippen LogP contribution in [0.2, 0.25) is 0 Å². The third-order valence-corrected chi connectivity index (χ3v) is 9.35. The molecule has 4 N–H and O–H groups in total. The maximum Gasteiger partial charge on any atom is 0.333 e. The van der Waals surface area contributed by atoms with Gasteiger partial charge in [0, 0.05) is 22.3 Å². The molecule has 42 heavy (non-hydrogen) atoms. The monoisotopic (exact) mass is 606 g/mol. The zero-order chi connectivity index (χ0) is 30.6. The van der Waals surface area contributed by atoms with Gasteiger partial charge in [0.05, 0.1) is 22.5 Å². The molecule has 14 heteroatoms. The number of carboxylic acid groups (broad SMARTS) is 4. The molecule has 0 saturated heterocycles. The second-order valence-corrected chi connectivity index (χ2v) is 11.8. The third-order valence-electron chi connectivity index (χ3n) is 6.97. The first-order valence-corrected chi connectivity index (χ1v) is 14.1. The average Bonchev–Trinajstić information content (AvgIpc) is 2.91. The molecule has 0 fully saturated rings. The lowest BCUT2D eigenvalue weighted by Gasteiger charge is -2.25. The Labute approximate surface area is 246 Å². The SMILES string of the molecule is CC1=C(C(=O)O)C(C(=O)O)Sc2nc(-c3ccc(-c4nc(C)c5c(n4)SC(C(=O)O)C(C(=O)O)=C5C)cc3)nc(C)c21. The van der Waals surface area contributed by atoms with Crippen LogP contribution >= 0.6 is 23.5 Å². The average molecular weight is 607 g/mol. The molecular weight excluding hydrogens is 584 g/mol. The van der Waals surface area contributed by atoms with Crippen molar-refractivity contribution >= 4 is 58.5 Å². The van der Waals surface area contributed by atoms with E-state index in [-0.39, 0.29) is 11.1 Å². The van der Waals surface area contributed by atoms with Crippen molar-refractivity contribution in [3.05, 3.63) is 57.9 Å². The first-order chi connectivity index (χ1) is 19.8. The van der Waals surface area contributed by atoms with Crippen molar-refractivity contribution in [3.8, 4) is 22.8 Å². The smallest absolute Gasteiger partial charge is 0.333 e. The highest BCUT2D eigenvalue weighted by molar-refractivity contribution is 8.01. The van der Waals surface area contributed by atoms with Crippen LogP contribution in [0.1, 0.15) is 36.4 Å². The van der Waals surface area contributed by atoms with Crippen molar-refractivity contribution < 1.29 is 39.6 Å². The maximum atomic E-state index is 11.8. The van der Waals surface area contributed by atoms with Crippen LogP contribution in [-0.4, -0.2) is 74.7 Å². The highest BCUT2D eigenvalue weighted by Gasteiger charge is 2.38. The molecule has 0 saturated carbocycles. The summed E-state index contributed by atoms with van der Waals surface area (Å²) in [5.74, 6) is -4.51. The predicted octanol–water partition coefficient (Wildman–Crippen LogP) is 4.05. The van der Waals surface area contributed by atoms with E-state index in [1.54, 1.807) is 52.0 Å². The zero-order valence-corrected chi connectivity index (χ0v) is 24.1. The number of hydrogen-bond donors (Lipinski definition) is 4. The third kappa shape index (κ3) is 4.81. The molecule has 2 unspecified atom stereocenters. The van der Waals surface area contributed by atoms with Gasteiger partial charge in [0.15, 0.2) is 11.6 Å². The second-order valence-electron chi connectivity index (χ2n) is 9.56. The van der Waals surface area contributed by atoms with Gasteiger partial charge in [-0.2, -0.15) is 0 Å². The molecule has 4 heterocycles. The van der Waals surface area contributed by atoms with Gasteiger partial charge < -0.3 is 20.4 Å². The molecule has 2 aromatic heterocycles. The lowest BCUT2D eigenvalue weighted by atomic mass is 9.98. The van der Waals surface area contributed by atoms with Crippen LogP contribution < -0.4 is 0 Å². The molecule has 0 aliphatic carbocycles. The van der Waals surface area contributed by atoms with Crippen LogP contribution in [-0.2, 0) is 19.2 Å². The van der Waals surface area contributed by atoms with Crippen molar-refractivity contribution in [2.75, 3.05) is 0 Å². The zero-order valence-electron chi connectivity index (χ0n) is 22.5. The van der Waals surface area contributed by atoms with Crippen molar-refractivity contribution in [2.24, 2.45) is 0 Å². The maximum absolute atomic E-state index is 11.8. The topological polar surface area (TPSA) is 201 Å². The summed E-state index contributed by atoms with van der Waals surface area (Å²) in [6.07, 6.45) is 0. The first-order valence-electron chi connectivity index (χ1n) is 12.4. The Morgan fingerprint density at radius 3 is 1.21 bits per heavy atom. The molecule has 2 aliphatic heterocycles. The molecule has 1 aromatic carbocycles. The Balaban J connectivity index is 1.52. The molecule has 0 spiro atoms. The van der Waals surface area contributed by atoms with Crippen molar-refractivity contribution in [1.82, 2.24) is 19.9 Å². The van der Waals surface area contributed by atoms with E-state index in [2.05, 4.69) is 19.9 Å². The van der Waals surface area contributed by atoms with Gasteiger partial charge in [-0.05, 0) is 38.8 Å². The number of fused-ring (bicyclic) bond motifs is 2. The summed E-state index contributed by atoms with van der Waals surface area (Å²) in [5.41, 5.74) is 3.46. The number of rotatable bonds is 6. The van der Waals surface area contributed by atoms with Crippen molar-refractivity contribution in [2.45, 2.75) is 48.2 Å². The van der Waals surface area contributed by atoms with Crippen LogP contribution in [0.25, 0.3) is 33.9 Å². The van der Waals surface area contributed by atoms with Gasteiger partial charge in [0.1, 0.15) is 20.6 Å². The van der Waals surface area contributed by atoms with Gasteiger partial charge in [0.25, 0.3) is 0 Å². The number of allylic oxidation sites excluding steroid dienone is 2. The van der Waals surface area contributed by atoms with Gasteiger partial charge in [0.2, 0.25) is 0 Å². The normalized spacial score (nSPS) is 17.9. The highest BCUT2D eigenvalue weighted by atomic mass is 32.2. The summed E-state index contributed by atoms with van der Waals surface area (Å²) in [5, 5.41) is 36.7. The number of carbonyl (C=O) groups is 4. The molecule has 3 aromatic rings. The molecule has 2 atom stereocenters. The van der Waals surface area contributed by atoms with Gasteiger partial charge in [-0.15, -0.1) is 0 Å². The minimum absolute atomic E-state index is 0.207. The van der Waals surface area contributed by atoms with E-state index in [4.69, 9.17) is 0 Å². The number of benzene rings is 1. The largest absolute Gasteiger partial charge is 0.480 e. The molecule has 0 bridgehead atoms. The fourth-order valence-corrected chi connectivity index (χ4v) is 7.61. The van der Waals surface area contributed by atoms with E-state index in [1.165, 1.54) is 0 Å². The number of hydrogen-bond acceptors (Lipinski definition) is 10. The number of nitrogens with zero attached hydrogens (tertiary/aromatic N) is 4. The number of carboxylic acids is 4. The van der Waals surface area contributed by atoms with E-state index in [1.807, 2.05) is 0 Å². The van der Waals surface area contributed by atoms with Gasteiger partial charge >= 0.3 is 23.9 Å². The molecule has 0 radical (unpaired) electrons. The van der Waals surface area contributed by atoms with E-state index >= 15 is 0 Å². The highest BCUT2D eigenvalue weighted by Crippen LogP contribution is 2.44. The quantitative estimate of drug-likeness (QED) is 0.293. The number of aromatic nitrogens is 4. The van der Waals surface area contributed by atoms with E-state index in [0.29, 0.717) is 66.5 Å². The van der Waals surface area contributed by atoms with Crippen molar-refractivity contribution in [3.63, 3.8) is 0 Å². The summed E-state index contributed by atoms with van der Waals surface area (Å²) >= 11 is 1.71. The Hall–Kier alpha value is -4.56. The molecule has 12 nitrogen and oxygen atoms in total. The van der Waals surface area contributed by atoms with E-state index < -0.39 is 34.4 Å². The summed E-state index contributed by atoms with van der Waals surface area (Å²) in [4.78, 5) is 65.5. The summed E-state index contributed by atoms with van der Waals surface area (Å²) in [7, 11) is 0. The Morgan fingerprint density at radius 2 is 0.929 bits per heavy atom.